The van der Waals surface area contributed by atoms with E-state index in [2.05, 4.69) is 46.4 Å². The van der Waals surface area contributed by atoms with Crippen molar-refractivity contribution in [2.75, 3.05) is 12.4 Å². The van der Waals surface area contributed by atoms with E-state index in [1.807, 2.05) is 12.1 Å². The molecule has 0 N–H and O–H groups in total. The molecule has 2 heteroatoms. The first-order valence-corrected chi connectivity index (χ1v) is 6.49. The quantitative estimate of drug-likeness (QED) is 0.766. The summed E-state index contributed by atoms with van der Waals surface area (Å²) in [5.41, 5.74) is 2.52. The zero-order valence-corrected chi connectivity index (χ0v) is 11.6. The third kappa shape index (κ3) is 3.44. The first-order chi connectivity index (χ1) is 7.56. The summed E-state index contributed by atoms with van der Waals surface area (Å²) in [7, 11) is 0. The molecule has 16 heavy (non-hydrogen) atoms. The molecule has 0 fully saturated rings. The monoisotopic (exact) mass is 238 g/mol. The average molecular weight is 238 g/mol. The van der Waals surface area contributed by atoms with Crippen LogP contribution in [0.15, 0.2) is 18.2 Å². The predicted molar refractivity (Wildman–Crippen MR) is 73.6 cm³/mol. The maximum absolute atomic E-state index is 5.88. The highest BCUT2D eigenvalue weighted by molar-refractivity contribution is 7.80. The Bertz CT molecular complexity index is 334. The highest BCUT2D eigenvalue weighted by atomic mass is 32.1. The molecule has 0 saturated carbocycles. The number of hydrogen-bond acceptors (Lipinski definition) is 2. The van der Waals surface area contributed by atoms with Crippen LogP contribution in [0.1, 0.15) is 25.0 Å². The number of ether oxygens (including phenoxy) is 1. The fraction of sp³-hybridized carbons (Fsp3) is 0.571. The van der Waals surface area contributed by atoms with E-state index in [1.165, 1.54) is 11.1 Å². The summed E-state index contributed by atoms with van der Waals surface area (Å²) in [5, 5.41) is 0. The van der Waals surface area contributed by atoms with Crippen LogP contribution >= 0.6 is 12.6 Å². The van der Waals surface area contributed by atoms with Gasteiger partial charge in [-0.1, -0.05) is 26.0 Å². The molecular weight excluding hydrogens is 216 g/mol. The second kappa shape index (κ2) is 6.19. The van der Waals surface area contributed by atoms with E-state index in [-0.39, 0.29) is 0 Å². The van der Waals surface area contributed by atoms with Crippen LogP contribution in [0.2, 0.25) is 0 Å². The van der Waals surface area contributed by atoms with Crippen molar-refractivity contribution in [2.24, 2.45) is 11.8 Å². The van der Waals surface area contributed by atoms with Crippen molar-refractivity contribution in [2.45, 2.75) is 27.7 Å². The van der Waals surface area contributed by atoms with Crippen molar-refractivity contribution in [1.29, 1.82) is 0 Å². The average Bonchev–Trinajstić information content (AvgIpc) is 2.24. The first kappa shape index (κ1) is 13.4. The van der Waals surface area contributed by atoms with Gasteiger partial charge in [-0.15, -0.1) is 0 Å². The van der Waals surface area contributed by atoms with Gasteiger partial charge < -0.3 is 4.74 Å². The molecule has 0 aromatic heterocycles. The number of hydrogen-bond donors (Lipinski definition) is 1. The normalized spacial score (nSPS) is 12.9. The summed E-state index contributed by atoms with van der Waals surface area (Å²) in [6.45, 7) is 9.41. The molecular formula is C14H22OS. The molecule has 1 aromatic rings. The summed E-state index contributed by atoms with van der Waals surface area (Å²) < 4.78 is 5.88. The van der Waals surface area contributed by atoms with Gasteiger partial charge in [0.1, 0.15) is 5.75 Å². The van der Waals surface area contributed by atoms with Crippen LogP contribution in [0.4, 0.5) is 0 Å². The zero-order chi connectivity index (χ0) is 12.1. The minimum atomic E-state index is 0.517. The van der Waals surface area contributed by atoms with Gasteiger partial charge in [0.25, 0.3) is 0 Å². The first-order valence-electron chi connectivity index (χ1n) is 5.86. The van der Waals surface area contributed by atoms with Crippen molar-refractivity contribution in [1.82, 2.24) is 0 Å². The molecule has 0 heterocycles. The Morgan fingerprint density at radius 3 is 2.50 bits per heavy atom. The molecule has 0 radical (unpaired) electrons. The largest absolute Gasteiger partial charge is 0.493 e. The van der Waals surface area contributed by atoms with Crippen molar-refractivity contribution in [3.63, 3.8) is 0 Å². The van der Waals surface area contributed by atoms with Gasteiger partial charge in [0.2, 0.25) is 0 Å². The fourth-order valence-corrected chi connectivity index (χ4v) is 2.06. The summed E-state index contributed by atoms with van der Waals surface area (Å²) in [6.07, 6.45) is 0. The fourth-order valence-electron chi connectivity index (χ4n) is 1.53. The Kier molecular flexibility index (Phi) is 5.20. The van der Waals surface area contributed by atoms with Gasteiger partial charge in [0, 0.05) is 5.92 Å². The Morgan fingerprint density at radius 1 is 1.25 bits per heavy atom. The SMILES string of the molecule is Cc1cccc(OCC(CS)C(C)C)c1C. The van der Waals surface area contributed by atoms with Gasteiger partial charge in [-0.3, -0.25) is 0 Å². The number of benzene rings is 1. The minimum Gasteiger partial charge on any atom is -0.493 e. The van der Waals surface area contributed by atoms with Gasteiger partial charge in [-0.05, 0) is 42.7 Å². The third-order valence-electron chi connectivity index (χ3n) is 3.19. The van der Waals surface area contributed by atoms with Crippen LogP contribution in [0.25, 0.3) is 0 Å². The number of rotatable bonds is 5. The maximum Gasteiger partial charge on any atom is 0.122 e. The summed E-state index contributed by atoms with van der Waals surface area (Å²) in [5.74, 6) is 3.01. The van der Waals surface area contributed by atoms with E-state index in [9.17, 15) is 0 Å². The topological polar surface area (TPSA) is 9.23 Å². The summed E-state index contributed by atoms with van der Waals surface area (Å²) in [4.78, 5) is 0. The minimum absolute atomic E-state index is 0.517. The lowest BCUT2D eigenvalue weighted by molar-refractivity contribution is 0.226. The van der Waals surface area contributed by atoms with Gasteiger partial charge in [-0.25, -0.2) is 0 Å². The van der Waals surface area contributed by atoms with E-state index >= 15 is 0 Å². The molecule has 1 unspecified atom stereocenters. The van der Waals surface area contributed by atoms with Gasteiger partial charge in [0.05, 0.1) is 6.61 Å². The Hall–Kier alpha value is -0.630. The molecule has 0 spiro atoms. The maximum atomic E-state index is 5.88. The van der Waals surface area contributed by atoms with Crippen molar-refractivity contribution in [3.05, 3.63) is 29.3 Å². The standard InChI is InChI=1S/C14H22OS/c1-10(2)13(9-16)8-15-14-7-5-6-11(3)12(14)4/h5-7,10,13,16H,8-9H2,1-4H3. The smallest absolute Gasteiger partial charge is 0.122 e. The molecule has 1 atom stereocenters. The van der Waals surface area contributed by atoms with E-state index < -0.39 is 0 Å². The lowest BCUT2D eigenvalue weighted by Crippen LogP contribution is -2.19. The van der Waals surface area contributed by atoms with E-state index in [0.717, 1.165) is 18.1 Å². The molecule has 0 aliphatic rings. The molecule has 1 nitrogen and oxygen atoms in total. The van der Waals surface area contributed by atoms with Crippen LogP contribution in [-0.2, 0) is 0 Å². The van der Waals surface area contributed by atoms with Crippen LogP contribution < -0.4 is 4.74 Å². The molecule has 0 bridgehead atoms. The molecule has 0 aliphatic heterocycles. The summed E-state index contributed by atoms with van der Waals surface area (Å²) in [6, 6.07) is 6.20. The van der Waals surface area contributed by atoms with Gasteiger partial charge in [-0.2, -0.15) is 12.6 Å². The van der Waals surface area contributed by atoms with Crippen LogP contribution in [0.3, 0.4) is 0 Å². The van der Waals surface area contributed by atoms with Crippen molar-refractivity contribution in [3.8, 4) is 5.75 Å². The molecule has 1 aromatic carbocycles. The van der Waals surface area contributed by atoms with Crippen LogP contribution in [-0.4, -0.2) is 12.4 Å². The predicted octanol–water partition coefficient (Wildman–Crippen LogP) is 3.88. The summed E-state index contributed by atoms with van der Waals surface area (Å²) >= 11 is 4.37. The second-order valence-corrected chi connectivity index (χ2v) is 5.06. The van der Waals surface area contributed by atoms with Crippen molar-refractivity contribution < 1.29 is 4.74 Å². The molecule has 0 amide bonds. The van der Waals surface area contributed by atoms with Crippen molar-refractivity contribution >= 4 is 12.6 Å². The second-order valence-electron chi connectivity index (χ2n) is 4.70. The molecule has 0 saturated heterocycles. The van der Waals surface area contributed by atoms with Crippen LogP contribution in [0.5, 0.6) is 5.75 Å². The van der Waals surface area contributed by atoms with E-state index in [0.29, 0.717) is 11.8 Å². The Labute approximate surface area is 105 Å². The van der Waals surface area contributed by atoms with Gasteiger partial charge in [0.15, 0.2) is 0 Å². The highest BCUT2D eigenvalue weighted by Gasteiger charge is 2.13. The lowest BCUT2D eigenvalue weighted by atomic mass is 9.99. The van der Waals surface area contributed by atoms with Crippen LogP contribution in [0, 0.1) is 25.7 Å². The van der Waals surface area contributed by atoms with Gasteiger partial charge >= 0.3 is 0 Å². The van der Waals surface area contributed by atoms with E-state index in [1.54, 1.807) is 0 Å². The third-order valence-corrected chi connectivity index (χ3v) is 3.65. The molecule has 90 valence electrons. The Morgan fingerprint density at radius 2 is 1.94 bits per heavy atom. The lowest BCUT2D eigenvalue weighted by Gasteiger charge is -2.20. The van der Waals surface area contributed by atoms with E-state index in [4.69, 9.17) is 4.74 Å². The zero-order valence-electron chi connectivity index (χ0n) is 10.7. The number of aryl methyl sites for hydroxylation is 1. The molecule has 0 aliphatic carbocycles. The Balaban J connectivity index is 2.64. The molecule has 1 rings (SSSR count). The number of thiol groups is 1. The highest BCUT2D eigenvalue weighted by Crippen LogP contribution is 2.22.